The van der Waals surface area contributed by atoms with Gasteiger partial charge < -0.3 is 27.0 Å². The molecule has 6 nitrogen and oxygen atoms in total. The minimum Gasteiger partial charge on any atom is -0.396 e. The zero-order chi connectivity index (χ0) is 25.4. The molecule has 2 aromatic rings. The zero-order valence-electron chi connectivity index (χ0n) is 19.5. The highest BCUT2D eigenvalue weighted by Crippen LogP contribution is 2.29. The van der Waals surface area contributed by atoms with Crippen LogP contribution >= 0.6 is 34.8 Å². The van der Waals surface area contributed by atoms with Crippen LogP contribution in [0.3, 0.4) is 0 Å². The number of nitrogens with zero attached hydrogens (tertiary/aromatic N) is 2. The van der Waals surface area contributed by atoms with Crippen LogP contribution in [-0.4, -0.2) is 30.5 Å². The Kier molecular flexibility index (Phi) is 9.93. The highest BCUT2D eigenvalue weighted by molar-refractivity contribution is 6.34. The van der Waals surface area contributed by atoms with E-state index in [0.29, 0.717) is 51.3 Å². The zero-order valence-corrected chi connectivity index (χ0v) is 21.8. The molecule has 0 aliphatic carbocycles. The molecule has 1 aliphatic rings. The monoisotopic (exact) mass is 532 g/mol. The van der Waals surface area contributed by atoms with Crippen LogP contribution in [0.25, 0.3) is 5.70 Å². The fraction of sp³-hybridized carbons (Fsp3) is 0.269. The Labute approximate surface area is 222 Å². The second-order valence-corrected chi connectivity index (χ2v) is 9.64. The molecular formula is C26H31Cl3N6. The number of piperidine rings is 1. The van der Waals surface area contributed by atoms with E-state index in [1.165, 1.54) is 0 Å². The van der Waals surface area contributed by atoms with E-state index in [-0.39, 0.29) is 5.96 Å². The van der Waals surface area contributed by atoms with E-state index in [9.17, 15) is 0 Å². The minimum atomic E-state index is 0.180. The van der Waals surface area contributed by atoms with Gasteiger partial charge in [-0.15, -0.1) is 0 Å². The number of hydrogen-bond acceptors (Lipinski definition) is 4. The van der Waals surface area contributed by atoms with Gasteiger partial charge >= 0.3 is 0 Å². The molecule has 0 spiro atoms. The molecule has 1 atom stereocenters. The highest BCUT2D eigenvalue weighted by atomic mass is 35.5. The summed E-state index contributed by atoms with van der Waals surface area (Å²) < 4.78 is 0. The second kappa shape index (κ2) is 12.9. The number of benzene rings is 2. The van der Waals surface area contributed by atoms with E-state index in [1.54, 1.807) is 24.3 Å². The van der Waals surface area contributed by atoms with Crippen LogP contribution in [0.15, 0.2) is 78.2 Å². The summed E-state index contributed by atoms with van der Waals surface area (Å²) >= 11 is 18.7. The van der Waals surface area contributed by atoms with Gasteiger partial charge in [-0.2, -0.15) is 0 Å². The summed E-state index contributed by atoms with van der Waals surface area (Å²) in [7, 11) is 0. The van der Waals surface area contributed by atoms with Crippen LogP contribution in [0.4, 0.5) is 0 Å². The molecule has 0 amide bonds. The molecule has 2 aromatic carbocycles. The molecule has 0 bridgehead atoms. The molecular weight excluding hydrogens is 503 g/mol. The number of hydrogen-bond donors (Lipinski definition) is 4. The quantitative estimate of drug-likeness (QED) is 0.198. The van der Waals surface area contributed by atoms with Gasteiger partial charge in [0.2, 0.25) is 0 Å². The summed E-state index contributed by atoms with van der Waals surface area (Å²) in [6.07, 6.45) is 3.75. The molecule has 0 unspecified atom stereocenters. The van der Waals surface area contributed by atoms with Crippen molar-refractivity contribution in [1.29, 1.82) is 0 Å². The Hall–Kier alpha value is -2.64. The molecule has 0 saturated carbocycles. The van der Waals surface area contributed by atoms with Gasteiger partial charge in [0, 0.05) is 32.9 Å². The van der Waals surface area contributed by atoms with Crippen LogP contribution in [0.1, 0.15) is 24.0 Å². The highest BCUT2D eigenvalue weighted by Gasteiger charge is 2.24. The number of halogens is 3. The predicted molar refractivity (Wildman–Crippen MR) is 149 cm³/mol. The average Bonchev–Trinajstić information content (AvgIpc) is 2.84. The predicted octanol–water partition coefficient (Wildman–Crippen LogP) is 5.34. The van der Waals surface area contributed by atoms with Gasteiger partial charge in [-0.25, -0.2) is 4.99 Å². The number of allylic oxidation sites excluding steroid dienone is 1. The van der Waals surface area contributed by atoms with Gasteiger partial charge in [0.1, 0.15) is 5.82 Å². The van der Waals surface area contributed by atoms with Crippen LogP contribution in [0.2, 0.25) is 15.1 Å². The third-order valence-electron chi connectivity index (χ3n) is 5.71. The van der Waals surface area contributed by atoms with E-state index in [1.807, 2.05) is 29.2 Å². The average molecular weight is 534 g/mol. The lowest BCUT2D eigenvalue weighted by molar-refractivity contribution is 0.301. The third-order valence-corrected chi connectivity index (χ3v) is 6.48. The lowest BCUT2D eigenvalue weighted by Gasteiger charge is -2.35. The van der Waals surface area contributed by atoms with Crippen molar-refractivity contribution in [2.24, 2.45) is 22.4 Å². The maximum Gasteiger partial charge on any atom is 0.194 e. The van der Waals surface area contributed by atoms with Crippen molar-refractivity contribution in [1.82, 2.24) is 15.5 Å². The first-order valence-corrected chi connectivity index (χ1v) is 12.5. The fourth-order valence-corrected chi connectivity index (χ4v) is 4.76. The van der Waals surface area contributed by atoms with Gasteiger partial charge in [-0.3, -0.25) is 0 Å². The molecule has 1 saturated heterocycles. The normalized spacial score (nSPS) is 16.9. The summed E-state index contributed by atoms with van der Waals surface area (Å²) in [5.74, 6) is 1.10. The van der Waals surface area contributed by atoms with Crippen LogP contribution in [0, 0.1) is 5.92 Å². The van der Waals surface area contributed by atoms with Crippen molar-refractivity contribution in [2.45, 2.75) is 19.4 Å². The largest absolute Gasteiger partial charge is 0.396 e. The molecule has 3 rings (SSSR count). The molecule has 0 radical (unpaired) electrons. The number of aliphatic imine (C=N–C) groups is 1. The van der Waals surface area contributed by atoms with Crippen LogP contribution in [-0.2, 0) is 6.54 Å². The van der Waals surface area contributed by atoms with Crippen LogP contribution < -0.4 is 22.1 Å². The van der Waals surface area contributed by atoms with Crippen molar-refractivity contribution in [2.75, 3.05) is 19.6 Å². The third kappa shape index (κ3) is 7.67. The number of guanidine groups is 1. The van der Waals surface area contributed by atoms with Crippen molar-refractivity contribution >= 4 is 46.5 Å². The van der Waals surface area contributed by atoms with Gasteiger partial charge in [0.15, 0.2) is 5.96 Å². The Bertz CT molecular complexity index is 1100. The topological polar surface area (TPSA) is 91.7 Å². The molecule has 9 heteroatoms. The van der Waals surface area contributed by atoms with E-state index < -0.39 is 0 Å². The van der Waals surface area contributed by atoms with Gasteiger partial charge in [0.25, 0.3) is 0 Å². The van der Waals surface area contributed by atoms with Gasteiger partial charge in [0.05, 0.1) is 12.2 Å². The molecule has 186 valence electrons. The SMILES string of the molecule is C=C/C(N)=C(\NC(N)=NCc1cc(Cl)cc(Cl)c1)N(C[C@@H]1CCCNC1)C(=C)c1ccccc1Cl. The van der Waals surface area contributed by atoms with E-state index >= 15 is 0 Å². The van der Waals surface area contributed by atoms with Gasteiger partial charge in [-0.05, 0) is 67.8 Å². The smallest absolute Gasteiger partial charge is 0.194 e. The first-order chi connectivity index (χ1) is 16.8. The summed E-state index contributed by atoms with van der Waals surface area (Å²) in [5.41, 5.74) is 15.4. The molecule has 0 aromatic heterocycles. The Morgan fingerprint density at radius 1 is 1.17 bits per heavy atom. The first kappa shape index (κ1) is 27.0. The molecule has 1 aliphatic heterocycles. The van der Waals surface area contributed by atoms with E-state index in [4.69, 9.17) is 46.3 Å². The molecule has 35 heavy (non-hydrogen) atoms. The first-order valence-electron chi connectivity index (χ1n) is 11.3. The Morgan fingerprint density at radius 2 is 1.89 bits per heavy atom. The standard InChI is InChI=1S/C26H31Cl3N6/c1-3-24(30)25(34-26(31)33-15-19-11-20(27)13-21(28)12-19)35(16-18-7-6-10-32-14-18)17(2)22-8-4-5-9-23(22)29/h3-5,8-9,11-13,18,32H,1-2,6-7,10,14-16,30H2,(H3,31,33,34)/b25-24-/t18-/m1/s1. The van der Waals surface area contributed by atoms with E-state index in [0.717, 1.165) is 37.1 Å². The Morgan fingerprint density at radius 3 is 2.51 bits per heavy atom. The van der Waals surface area contributed by atoms with Gasteiger partial charge in [-0.1, -0.05) is 66.2 Å². The minimum absolute atomic E-state index is 0.180. The molecule has 1 heterocycles. The summed E-state index contributed by atoms with van der Waals surface area (Å²) in [4.78, 5) is 6.47. The van der Waals surface area contributed by atoms with Crippen molar-refractivity contribution in [3.8, 4) is 0 Å². The van der Waals surface area contributed by atoms with E-state index in [2.05, 4.69) is 28.8 Å². The lowest BCUT2D eigenvalue weighted by Crippen LogP contribution is -2.44. The Balaban J connectivity index is 1.91. The fourth-order valence-electron chi connectivity index (χ4n) is 3.95. The summed E-state index contributed by atoms with van der Waals surface area (Å²) in [5, 5.41) is 8.30. The molecule has 6 N–H and O–H groups in total. The number of rotatable bonds is 9. The maximum absolute atomic E-state index is 6.52. The number of nitrogens with one attached hydrogen (secondary N) is 2. The molecule has 1 fully saturated rings. The van der Waals surface area contributed by atoms with Crippen molar-refractivity contribution < 1.29 is 0 Å². The van der Waals surface area contributed by atoms with Crippen molar-refractivity contribution in [3.05, 3.63) is 99.4 Å². The second-order valence-electron chi connectivity index (χ2n) is 8.36. The van der Waals surface area contributed by atoms with Crippen LogP contribution in [0.5, 0.6) is 0 Å². The maximum atomic E-state index is 6.52. The summed E-state index contributed by atoms with van der Waals surface area (Å²) in [6.45, 7) is 11.1. The summed E-state index contributed by atoms with van der Waals surface area (Å²) in [6, 6.07) is 12.8. The van der Waals surface area contributed by atoms with Crippen molar-refractivity contribution in [3.63, 3.8) is 0 Å². The number of nitrogens with two attached hydrogens (primary N) is 2. The lowest BCUT2D eigenvalue weighted by atomic mass is 9.98.